The van der Waals surface area contributed by atoms with E-state index in [1.54, 1.807) is 6.92 Å². The number of nitrogens with one attached hydrogen (secondary N) is 2. The molecular weight excluding hydrogens is 268 g/mol. The summed E-state index contributed by atoms with van der Waals surface area (Å²) < 4.78 is 5.31. The molecule has 0 aromatic heterocycles. The molecule has 1 aromatic carbocycles. The molecule has 0 saturated carbocycles. The van der Waals surface area contributed by atoms with Crippen molar-refractivity contribution in [2.45, 2.75) is 33.2 Å². The summed E-state index contributed by atoms with van der Waals surface area (Å²) in [5, 5.41) is 5.70. The molecular formula is C16H20N2O3. The predicted molar refractivity (Wildman–Crippen MR) is 81.2 cm³/mol. The number of carbonyl (C=O) groups excluding carboxylic acids is 2. The van der Waals surface area contributed by atoms with Crippen molar-refractivity contribution in [2.75, 3.05) is 11.9 Å². The Morgan fingerprint density at radius 1 is 1.52 bits per heavy atom. The lowest BCUT2D eigenvalue weighted by Crippen LogP contribution is -2.28. The first-order chi connectivity index (χ1) is 10.0. The topological polar surface area (TPSA) is 67.4 Å². The molecule has 112 valence electrons. The van der Waals surface area contributed by atoms with Gasteiger partial charge < -0.3 is 15.4 Å². The summed E-state index contributed by atoms with van der Waals surface area (Å²) in [6, 6.07) is 5.37. The maximum absolute atomic E-state index is 12.0. The van der Waals surface area contributed by atoms with Gasteiger partial charge in [-0.3, -0.25) is 9.59 Å². The van der Waals surface area contributed by atoms with Gasteiger partial charge >= 0.3 is 0 Å². The Labute approximate surface area is 124 Å². The molecule has 5 heteroatoms. The van der Waals surface area contributed by atoms with Crippen LogP contribution in [0.4, 0.5) is 5.69 Å². The van der Waals surface area contributed by atoms with Gasteiger partial charge in [-0.25, -0.2) is 0 Å². The molecule has 1 aliphatic heterocycles. The van der Waals surface area contributed by atoms with Crippen LogP contribution >= 0.6 is 0 Å². The number of fused-ring (bicyclic) bond motifs is 1. The summed E-state index contributed by atoms with van der Waals surface area (Å²) in [5.74, 6) is 0.402. The van der Waals surface area contributed by atoms with Crippen LogP contribution in [0.3, 0.4) is 0 Å². The molecule has 0 radical (unpaired) electrons. The van der Waals surface area contributed by atoms with E-state index >= 15 is 0 Å². The van der Waals surface area contributed by atoms with E-state index in [9.17, 15) is 9.59 Å². The average molecular weight is 288 g/mol. The van der Waals surface area contributed by atoms with Crippen molar-refractivity contribution in [2.24, 2.45) is 0 Å². The highest BCUT2D eigenvalue weighted by Crippen LogP contribution is 2.30. The zero-order valence-electron chi connectivity index (χ0n) is 12.5. The number of hydrogen-bond acceptors (Lipinski definition) is 3. The molecule has 1 aliphatic rings. The fourth-order valence-corrected chi connectivity index (χ4v) is 2.16. The fraction of sp³-hybridized carbons (Fsp3) is 0.375. The Morgan fingerprint density at radius 2 is 2.29 bits per heavy atom. The lowest BCUT2D eigenvalue weighted by atomic mass is 10.1. The number of carbonyl (C=O) groups is 2. The first kappa shape index (κ1) is 15.1. The van der Waals surface area contributed by atoms with E-state index in [2.05, 4.69) is 10.6 Å². The molecule has 2 amide bonds. The van der Waals surface area contributed by atoms with E-state index in [4.69, 9.17) is 4.74 Å². The third kappa shape index (κ3) is 3.62. The number of benzene rings is 1. The number of hydrogen-bond donors (Lipinski definition) is 2. The molecule has 2 N–H and O–H groups in total. The molecule has 0 spiro atoms. The molecule has 0 saturated heterocycles. The van der Waals surface area contributed by atoms with Crippen molar-refractivity contribution >= 4 is 17.5 Å². The minimum atomic E-state index is -0.168. The minimum Gasteiger partial charge on any atom is -0.482 e. The summed E-state index contributed by atoms with van der Waals surface area (Å²) in [6.07, 6.45) is 2.72. The molecule has 2 rings (SSSR count). The second-order valence-electron chi connectivity index (χ2n) is 5.08. The van der Waals surface area contributed by atoms with E-state index in [1.807, 2.05) is 38.1 Å². The van der Waals surface area contributed by atoms with Gasteiger partial charge in [0, 0.05) is 5.57 Å². The van der Waals surface area contributed by atoms with Crippen LogP contribution in [0.25, 0.3) is 0 Å². The van der Waals surface area contributed by atoms with Crippen molar-refractivity contribution < 1.29 is 14.3 Å². The summed E-state index contributed by atoms with van der Waals surface area (Å²) in [6.45, 7) is 5.74. The van der Waals surface area contributed by atoms with Gasteiger partial charge in [-0.15, -0.1) is 0 Å². The molecule has 1 heterocycles. The van der Waals surface area contributed by atoms with Gasteiger partial charge in [-0.1, -0.05) is 19.1 Å². The lowest BCUT2D eigenvalue weighted by Gasteiger charge is -2.21. The number of anilines is 1. The Kier molecular flexibility index (Phi) is 4.62. The normalized spacial score (nSPS) is 15.6. The highest BCUT2D eigenvalue weighted by molar-refractivity contribution is 5.95. The van der Waals surface area contributed by atoms with Crippen LogP contribution in [0.1, 0.15) is 38.8 Å². The minimum absolute atomic E-state index is 0.0413. The molecule has 1 atom stereocenters. The van der Waals surface area contributed by atoms with Crippen LogP contribution < -0.4 is 15.4 Å². The third-order valence-corrected chi connectivity index (χ3v) is 3.35. The number of allylic oxidation sites excluding steroid dienone is 1. The number of ether oxygens (including phenoxy) is 1. The predicted octanol–water partition coefficient (Wildman–Crippen LogP) is 2.55. The summed E-state index contributed by atoms with van der Waals surface area (Å²) >= 11 is 0. The van der Waals surface area contributed by atoms with Crippen LogP contribution in [0, 0.1) is 0 Å². The molecule has 5 nitrogen and oxygen atoms in total. The van der Waals surface area contributed by atoms with Crippen LogP contribution in [0.5, 0.6) is 5.75 Å². The quantitative estimate of drug-likeness (QED) is 0.837. The van der Waals surface area contributed by atoms with Crippen LogP contribution in [-0.2, 0) is 9.59 Å². The van der Waals surface area contributed by atoms with Crippen LogP contribution in [0.2, 0.25) is 0 Å². The average Bonchev–Trinajstić information content (AvgIpc) is 2.46. The van der Waals surface area contributed by atoms with Gasteiger partial charge in [0.15, 0.2) is 6.61 Å². The zero-order chi connectivity index (χ0) is 15.4. The molecule has 21 heavy (non-hydrogen) atoms. The summed E-state index contributed by atoms with van der Waals surface area (Å²) in [4.78, 5) is 23.3. The highest BCUT2D eigenvalue weighted by atomic mass is 16.5. The van der Waals surface area contributed by atoms with Gasteiger partial charge in [0.2, 0.25) is 5.91 Å². The van der Waals surface area contributed by atoms with Crippen molar-refractivity contribution in [3.63, 3.8) is 0 Å². The highest BCUT2D eigenvalue weighted by Gasteiger charge is 2.18. The SMILES string of the molecule is CC/C=C(/C)C(=O)N[C@@H](C)c1ccc2c(c1)NC(=O)CO2. The van der Waals surface area contributed by atoms with Gasteiger partial charge in [0.1, 0.15) is 5.75 Å². The van der Waals surface area contributed by atoms with Crippen molar-refractivity contribution in [1.82, 2.24) is 5.32 Å². The Morgan fingerprint density at radius 3 is 3.00 bits per heavy atom. The summed E-state index contributed by atoms with van der Waals surface area (Å²) in [5.41, 5.74) is 2.27. The standard InChI is InChI=1S/C16H20N2O3/c1-4-5-10(2)16(20)17-11(3)12-6-7-14-13(8-12)18-15(19)9-21-14/h5-8,11H,4,9H2,1-3H3,(H,17,20)(H,18,19)/b10-5-/t11-/m0/s1. The first-order valence-electron chi connectivity index (χ1n) is 7.05. The molecule has 1 aromatic rings. The van der Waals surface area contributed by atoms with Crippen molar-refractivity contribution in [3.8, 4) is 5.75 Å². The number of rotatable bonds is 4. The second kappa shape index (κ2) is 6.43. The van der Waals surface area contributed by atoms with E-state index in [-0.39, 0.29) is 24.5 Å². The Bertz CT molecular complexity index is 593. The lowest BCUT2D eigenvalue weighted by molar-refractivity contribution is -0.119. The fourth-order valence-electron chi connectivity index (χ4n) is 2.16. The van der Waals surface area contributed by atoms with Crippen molar-refractivity contribution in [3.05, 3.63) is 35.4 Å². The summed E-state index contributed by atoms with van der Waals surface area (Å²) in [7, 11) is 0. The number of amides is 2. The molecule has 0 unspecified atom stereocenters. The molecule has 0 aliphatic carbocycles. The monoisotopic (exact) mass is 288 g/mol. The van der Waals surface area contributed by atoms with Gasteiger partial charge in [0.25, 0.3) is 5.91 Å². The third-order valence-electron chi connectivity index (χ3n) is 3.35. The van der Waals surface area contributed by atoms with Crippen molar-refractivity contribution in [1.29, 1.82) is 0 Å². The van der Waals surface area contributed by atoms with Gasteiger partial charge in [-0.2, -0.15) is 0 Å². The van der Waals surface area contributed by atoms with E-state index in [1.165, 1.54) is 0 Å². The van der Waals surface area contributed by atoms with Gasteiger partial charge in [0.05, 0.1) is 11.7 Å². The zero-order valence-corrected chi connectivity index (χ0v) is 12.5. The van der Waals surface area contributed by atoms with Crippen LogP contribution in [0.15, 0.2) is 29.8 Å². The maximum atomic E-state index is 12.0. The first-order valence-corrected chi connectivity index (χ1v) is 7.05. The maximum Gasteiger partial charge on any atom is 0.262 e. The molecule has 0 bridgehead atoms. The van der Waals surface area contributed by atoms with E-state index in [0.717, 1.165) is 12.0 Å². The Hall–Kier alpha value is -2.30. The van der Waals surface area contributed by atoms with Crippen LogP contribution in [-0.4, -0.2) is 18.4 Å². The molecule has 0 fully saturated rings. The second-order valence-corrected chi connectivity index (χ2v) is 5.08. The Balaban J connectivity index is 2.11. The smallest absolute Gasteiger partial charge is 0.262 e. The largest absolute Gasteiger partial charge is 0.482 e. The van der Waals surface area contributed by atoms with E-state index < -0.39 is 0 Å². The van der Waals surface area contributed by atoms with E-state index in [0.29, 0.717) is 17.0 Å². The van der Waals surface area contributed by atoms with Gasteiger partial charge in [-0.05, 0) is 38.0 Å².